The zero-order valence-corrected chi connectivity index (χ0v) is 11.0. The van der Waals surface area contributed by atoms with Gasteiger partial charge in [-0.15, -0.1) is 0 Å². The third kappa shape index (κ3) is 3.97. The van der Waals surface area contributed by atoms with Crippen LogP contribution in [0.3, 0.4) is 0 Å². The van der Waals surface area contributed by atoms with Crippen LogP contribution in [-0.2, 0) is 17.6 Å². The van der Waals surface area contributed by atoms with E-state index >= 15 is 0 Å². The van der Waals surface area contributed by atoms with Gasteiger partial charge in [-0.05, 0) is 36.3 Å². The van der Waals surface area contributed by atoms with Crippen LogP contribution in [0, 0.1) is 5.92 Å². The van der Waals surface area contributed by atoms with Crippen molar-refractivity contribution in [3.05, 3.63) is 34.9 Å². The lowest BCUT2D eigenvalue weighted by atomic mass is 9.95. The minimum atomic E-state index is 0.248. The van der Waals surface area contributed by atoms with E-state index in [-0.39, 0.29) is 6.04 Å². The second-order valence-corrected chi connectivity index (χ2v) is 4.89. The largest absolute Gasteiger partial charge is 0.327 e. The van der Waals surface area contributed by atoms with Gasteiger partial charge in [-0.2, -0.15) is 0 Å². The van der Waals surface area contributed by atoms with Crippen LogP contribution in [0.4, 0.5) is 0 Å². The minimum absolute atomic E-state index is 0.248. The average Bonchev–Trinajstić information content (AvgIpc) is 2.35. The maximum atomic E-state index is 10.7. The Morgan fingerprint density at radius 1 is 1.35 bits per heavy atom. The van der Waals surface area contributed by atoms with E-state index in [1.54, 1.807) is 0 Å². The minimum Gasteiger partial charge on any atom is -0.327 e. The fourth-order valence-corrected chi connectivity index (χ4v) is 1.86. The van der Waals surface area contributed by atoms with Crippen LogP contribution < -0.4 is 5.73 Å². The summed E-state index contributed by atoms with van der Waals surface area (Å²) >= 11 is 0. The van der Waals surface area contributed by atoms with E-state index in [0.717, 1.165) is 24.8 Å². The first kappa shape index (κ1) is 13.9. The molecule has 0 aliphatic carbocycles. The first-order chi connectivity index (χ1) is 8.08. The Kier molecular flexibility index (Phi) is 5.36. The molecule has 0 heterocycles. The molecule has 1 radical (unpaired) electrons. The van der Waals surface area contributed by atoms with Crippen molar-refractivity contribution in [3.63, 3.8) is 0 Å². The molecule has 0 aliphatic rings. The lowest BCUT2D eigenvalue weighted by Crippen LogP contribution is -2.26. The van der Waals surface area contributed by atoms with E-state index in [0.29, 0.717) is 11.5 Å². The molecule has 2 heteroatoms. The quantitative estimate of drug-likeness (QED) is 0.819. The number of aryl methyl sites for hydroxylation is 2. The molecular formula is C15H22NO. The summed E-state index contributed by atoms with van der Waals surface area (Å²) in [4.78, 5) is 10.7. The Morgan fingerprint density at radius 2 is 2.06 bits per heavy atom. The van der Waals surface area contributed by atoms with Crippen LogP contribution in [-0.4, -0.2) is 12.3 Å². The molecule has 0 saturated carbocycles. The van der Waals surface area contributed by atoms with E-state index < -0.39 is 0 Å². The SMILES string of the molecule is CCc1cc(CCC(N)C(C)C)ccc1[C]=O. The molecule has 1 atom stereocenters. The zero-order valence-electron chi connectivity index (χ0n) is 11.0. The summed E-state index contributed by atoms with van der Waals surface area (Å²) in [6.45, 7) is 6.35. The van der Waals surface area contributed by atoms with Gasteiger partial charge in [0.2, 0.25) is 6.29 Å². The molecule has 1 aromatic rings. The molecule has 2 N–H and O–H groups in total. The monoisotopic (exact) mass is 232 g/mol. The Balaban J connectivity index is 2.69. The van der Waals surface area contributed by atoms with E-state index in [4.69, 9.17) is 5.73 Å². The van der Waals surface area contributed by atoms with Crippen LogP contribution in [0.25, 0.3) is 0 Å². The zero-order chi connectivity index (χ0) is 12.8. The van der Waals surface area contributed by atoms with Gasteiger partial charge in [0.1, 0.15) is 0 Å². The molecule has 0 saturated heterocycles. The summed E-state index contributed by atoms with van der Waals surface area (Å²) in [6.07, 6.45) is 4.82. The predicted octanol–water partition coefficient (Wildman–Crippen LogP) is 2.62. The number of hydrogen-bond donors (Lipinski definition) is 1. The summed E-state index contributed by atoms with van der Waals surface area (Å²) in [6, 6.07) is 6.22. The van der Waals surface area contributed by atoms with Crippen molar-refractivity contribution in [3.8, 4) is 0 Å². The molecule has 1 unspecified atom stereocenters. The van der Waals surface area contributed by atoms with Gasteiger partial charge in [-0.1, -0.05) is 39.0 Å². The second-order valence-electron chi connectivity index (χ2n) is 4.89. The summed E-state index contributed by atoms with van der Waals surface area (Å²) in [5.41, 5.74) is 9.05. The summed E-state index contributed by atoms with van der Waals surface area (Å²) in [5.74, 6) is 0.517. The van der Waals surface area contributed by atoms with Crippen molar-refractivity contribution in [2.45, 2.75) is 46.1 Å². The molecule has 1 rings (SSSR count). The van der Waals surface area contributed by atoms with Crippen LogP contribution in [0.1, 0.15) is 43.9 Å². The molecule has 0 aliphatic heterocycles. The first-order valence-corrected chi connectivity index (χ1v) is 6.34. The average molecular weight is 232 g/mol. The van der Waals surface area contributed by atoms with Crippen molar-refractivity contribution < 1.29 is 4.79 Å². The summed E-state index contributed by atoms with van der Waals surface area (Å²) < 4.78 is 0. The van der Waals surface area contributed by atoms with E-state index in [1.807, 2.05) is 18.4 Å². The molecule has 0 fully saturated rings. The molecule has 93 valence electrons. The van der Waals surface area contributed by atoms with Crippen LogP contribution >= 0.6 is 0 Å². The Bertz CT molecular complexity index is 371. The van der Waals surface area contributed by atoms with Crippen molar-refractivity contribution in [1.82, 2.24) is 0 Å². The van der Waals surface area contributed by atoms with Crippen molar-refractivity contribution in [2.24, 2.45) is 11.7 Å². The number of benzene rings is 1. The van der Waals surface area contributed by atoms with Gasteiger partial charge in [0.15, 0.2) is 0 Å². The molecule has 17 heavy (non-hydrogen) atoms. The first-order valence-electron chi connectivity index (χ1n) is 6.34. The Hall–Kier alpha value is -1.15. The van der Waals surface area contributed by atoms with Gasteiger partial charge < -0.3 is 5.73 Å². The molecular weight excluding hydrogens is 210 g/mol. The summed E-state index contributed by atoms with van der Waals surface area (Å²) in [7, 11) is 0. The molecule has 1 aromatic carbocycles. The van der Waals surface area contributed by atoms with E-state index in [1.165, 1.54) is 5.56 Å². The van der Waals surface area contributed by atoms with Crippen molar-refractivity contribution in [1.29, 1.82) is 0 Å². The molecule has 0 bridgehead atoms. The smallest absolute Gasteiger partial charge is 0.233 e. The third-order valence-corrected chi connectivity index (χ3v) is 3.28. The topological polar surface area (TPSA) is 43.1 Å². The standard InChI is InChI=1S/C15H22NO/c1-4-13-9-12(5-7-14(13)10-17)6-8-15(16)11(2)3/h5,7,9,11,15H,4,6,8,16H2,1-3H3. The fourth-order valence-electron chi connectivity index (χ4n) is 1.86. The third-order valence-electron chi connectivity index (χ3n) is 3.28. The molecule has 2 nitrogen and oxygen atoms in total. The maximum absolute atomic E-state index is 10.7. The van der Waals surface area contributed by atoms with Gasteiger partial charge >= 0.3 is 0 Å². The highest BCUT2D eigenvalue weighted by atomic mass is 16.1. The highest BCUT2D eigenvalue weighted by Gasteiger charge is 2.08. The van der Waals surface area contributed by atoms with Gasteiger partial charge in [-0.3, -0.25) is 4.79 Å². The van der Waals surface area contributed by atoms with Crippen molar-refractivity contribution in [2.75, 3.05) is 0 Å². The van der Waals surface area contributed by atoms with E-state index in [9.17, 15) is 4.79 Å². The normalized spacial score (nSPS) is 12.8. The molecule has 0 spiro atoms. The number of rotatable bonds is 6. The Morgan fingerprint density at radius 3 is 2.59 bits per heavy atom. The fraction of sp³-hybridized carbons (Fsp3) is 0.533. The molecule has 0 amide bonds. The lowest BCUT2D eigenvalue weighted by molar-refractivity contribution is 0.464. The van der Waals surface area contributed by atoms with Gasteiger partial charge in [-0.25, -0.2) is 0 Å². The Labute approximate surface area is 104 Å². The second kappa shape index (κ2) is 6.55. The van der Waals surface area contributed by atoms with Crippen LogP contribution in [0.2, 0.25) is 0 Å². The van der Waals surface area contributed by atoms with E-state index in [2.05, 4.69) is 26.8 Å². The lowest BCUT2D eigenvalue weighted by Gasteiger charge is -2.15. The molecule has 0 aromatic heterocycles. The van der Waals surface area contributed by atoms with Gasteiger partial charge in [0.25, 0.3) is 0 Å². The van der Waals surface area contributed by atoms with Crippen molar-refractivity contribution >= 4 is 6.29 Å². The van der Waals surface area contributed by atoms with Crippen LogP contribution in [0.5, 0.6) is 0 Å². The van der Waals surface area contributed by atoms with Crippen LogP contribution in [0.15, 0.2) is 18.2 Å². The summed E-state index contributed by atoms with van der Waals surface area (Å²) in [5, 5.41) is 0. The maximum Gasteiger partial charge on any atom is 0.233 e. The highest BCUT2D eigenvalue weighted by molar-refractivity contribution is 5.77. The highest BCUT2D eigenvalue weighted by Crippen LogP contribution is 2.14. The number of carbonyl (C=O) groups excluding carboxylic acids is 1. The number of hydrogen-bond acceptors (Lipinski definition) is 2. The predicted molar refractivity (Wildman–Crippen MR) is 71.7 cm³/mol. The number of nitrogens with two attached hydrogens (primary N) is 1. The van der Waals surface area contributed by atoms with Gasteiger partial charge in [0.05, 0.1) is 0 Å². The van der Waals surface area contributed by atoms with Gasteiger partial charge in [0, 0.05) is 11.6 Å².